The SMILES string of the molecule is NC(=O)Cc1ccccc1NC(C1CC1)C1CC1. The minimum atomic E-state index is -0.265. The number of primary amides is 1. The Morgan fingerprint density at radius 2 is 1.83 bits per heavy atom. The first-order chi connectivity index (χ1) is 8.74. The Morgan fingerprint density at radius 3 is 2.39 bits per heavy atom. The molecule has 2 aliphatic carbocycles. The Hall–Kier alpha value is -1.51. The molecule has 3 nitrogen and oxygen atoms in total. The van der Waals surface area contributed by atoms with E-state index < -0.39 is 0 Å². The molecule has 0 saturated heterocycles. The molecule has 0 bridgehead atoms. The Bertz CT molecular complexity index is 438. The molecule has 0 radical (unpaired) electrons. The molecule has 0 heterocycles. The molecule has 1 aromatic carbocycles. The molecule has 0 spiro atoms. The van der Waals surface area contributed by atoms with E-state index in [0.29, 0.717) is 12.5 Å². The molecule has 1 aromatic rings. The maximum atomic E-state index is 11.1. The first-order valence-corrected chi connectivity index (χ1v) is 6.87. The van der Waals surface area contributed by atoms with Gasteiger partial charge in [-0.05, 0) is 49.1 Å². The molecule has 0 atom stereocenters. The van der Waals surface area contributed by atoms with Gasteiger partial charge < -0.3 is 11.1 Å². The summed E-state index contributed by atoms with van der Waals surface area (Å²) in [6, 6.07) is 8.65. The fraction of sp³-hybridized carbons (Fsp3) is 0.533. The van der Waals surface area contributed by atoms with Crippen molar-refractivity contribution < 1.29 is 4.79 Å². The lowest BCUT2D eigenvalue weighted by Gasteiger charge is -2.21. The standard InChI is InChI=1S/C15H20N2O/c16-14(18)9-12-3-1-2-4-13(12)17-15(10-5-6-10)11-7-8-11/h1-4,10-11,15,17H,5-9H2,(H2,16,18). The number of carbonyl (C=O) groups excluding carboxylic acids is 1. The molecule has 2 saturated carbocycles. The van der Waals surface area contributed by atoms with Crippen LogP contribution < -0.4 is 11.1 Å². The van der Waals surface area contributed by atoms with Crippen molar-refractivity contribution in [1.29, 1.82) is 0 Å². The molecule has 3 rings (SSSR count). The van der Waals surface area contributed by atoms with Crippen LogP contribution in [0.2, 0.25) is 0 Å². The van der Waals surface area contributed by atoms with Crippen molar-refractivity contribution in [3.05, 3.63) is 29.8 Å². The smallest absolute Gasteiger partial charge is 0.221 e. The van der Waals surface area contributed by atoms with Gasteiger partial charge in [0.15, 0.2) is 0 Å². The third kappa shape index (κ3) is 2.66. The number of amides is 1. The molecule has 96 valence electrons. The van der Waals surface area contributed by atoms with E-state index in [1.165, 1.54) is 25.7 Å². The van der Waals surface area contributed by atoms with Crippen LogP contribution in [0.3, 0.4) is 0 Å². The number of hydrogen-bond acceptors (Lipinski definition) is 2. The zero-order chi connectivity index (χ0) is 12.5. The van der Waals surface area contributed by atoms with E-state index in [2.05, 4.69) is 11.4 Å². The maximum Gasteiger partial charge on any atom is 0.221 e. The number of para-hydroxylation sites is 1. The normalized spacial score (nSPS) is 18.9. The predicted octanol–water partition coefficient (Wildman–Crippen LogP) is 2.31. The van der Waals surface area contributed by atoms with E-state index in [4.69, 9.17) is 5.73 Å². The van der Waals surface area contributed by atoms with Gasteiger partial charge in [-0.15, -0.1) is 0 Å². The predicted molar refractivity (Wildman–Crippen MR) is 72.2 cm³/mol. The Morgan fingerprint density at radius 1 is 1.22 bits per heavy atom. The van der Waals surface area contributed by atoms with Crippen molar-refractivity contribution in [3.63, 3.8) is 0 Å². The number of anilines is 1. The Labute approximate surface area is 108 Å². The molecular formula is C15H20N2O. The van der Waals surface area contributed by atoms with Gasteiger partial charge in [0.25, 0.3) is 0 Å². The topological polar surface area (TPSA) is 55.1 Å². The number of rotatable bonds is 6. The van der Waals surface area contributed by atoms with E-state index in [9.17, 15) is 4.79 Å². The summed E-state index contributed by atoms with van der Waals surface area (Å²) >= 11 is 0. The van der Waals surface area contributed by atoms with Crippen molar-refractivity contribution in [2.45, 2.75) is 38.1 Å². The van der Waals surface area contributed by atoms with Crippen molar-refractivity contribution in [2.24, 2.45) is 17.6 Å². The summed E-state index contributed by atoms with van der Waals surface area (Å²) in [6.07, 6.45) is 5.74. The molecule has 1 amide bonds. The molecule has 0 aromatic heterocycles. The third-order valence-corrected chi connectivity index (χ3v) is 3.96. The van der Waals surface area contributed by atoms with Gasteiger partial charge in [-0.1, -0.05) is 18.2 Å². The van der Waals surface area contributed by atoms with E-state index in [1.54, 1.807) is 0 Å². The molecule has 3 heteroatoms. The van der Waals surface area contributed by atoms with Crippen molar-refractivity contribution in [2.75, 3.05) is 5.32 Å². The van der Waals surface area contributed by atoms with Gasteiger partial charge >= 0.3 is 0 Å². The first kappa shape index (κ1) is 11.6. The van der Waals surface area contributed by atoms with Crippen molar-refractivity contribution >= 4 is 11.6 Å². The minimum absolute atomic E-state index is 0.265. The summed E-state index contributed by atoms with van der Waals surface area (Å²) in [5, 5.41) is 3.67. The highest BCUT2D eigenvalue weighted by Gasteiger charge is 2.41. The third-order valence-electron chi connectivity index (χ3n) is 3.96. The van der Waals surface area contributed by atoms with Gasteiger partial charge in [0.2, 0.25) is 5.91 Å². The van der Waals surface area contributed by atoms with Gasteiger partial charge in [-0.2, -0.15) is 0 Å². The summed E-state index contributed by atoms with van der Waals surface area (Å²) < 4.78 is 0. The fourth-order valence-corrected chi connectivity index (χ4v) is 2.71. The Kier molecular flexibility index (Phi) is 2.98. The van der Waals surface area contributed by atoms with Gasteiger partial charge in [0.1, 0.15) is 0 Å². The van der Waals surface area contributed by atoms with Crippen LogP contribution in [0, 0.1) is 11.8 Å². The lowest BCUT2D eigenvalue weighted by atomic mass is 10.0. The number of benzene rings is 1. The summed E-state index contributed by atoms with van der Waals surface area (Å²) in [7, 11) is 0. The van der Waals surface area contributed by atoms with Gasteiger partial charge in [0, 0.05) is 11.7 Å². The van der Waals surface area contributed by atoms with Gasteiger partial charge in [0.05, 0.1) is 6.42 Å². The highest BCUT2D eigenvalue weighted by molar-refractivity contribution is 5.78. The summed E-state index contributed by atoms with van der Waals surface area (Å²) in [6.45, 7) is 0. The maximum absolute atomic E-state index is 11.1. The molecule has 2 fully saturated rings. The van der Waals surface area contributed by atoms with Crippen LogP contribution in [0.4, 0.5) is 5.69 Å². The highest BCUT2D eigenvalue weighted by atomic mass is 16.1. The number of hydrogen-bond donors (Lipinski definition) is 2. The quantitative estimate of drug-likeness (QED) is 0.807. The van der Waals surface area contributed by atoms with E-state index in [-0.39, 0.29) is 5.91 Å². The highest BCUT2D eigenvalue weighted by Crippen LogP contribution is 2.46. The first-order valence-electron chi connectivity index (χ1n) is 6.87. The average Bonchev–Trinajstić information content (AvgIpc) is 3.20. The fourth-order valence-electron chi connectivity index (χ4n) is 2.71. The second-order valence-electron chi connectivity index (χ2n) is 5.65. The van der Waals surface area contributed by atoms with Crippen LogP contribution in [-0.2, 0) is 11.2 Å². The van der Waals surface area contributed by atoms with Crippen molar-refractivity contribution in [1.82, 2.24) is 0 Å². The minimum Gasteiger partial charge on any atom is -0.382 e. The molecule has 0 unspecified atom stereocenters. The van der Waals surface area contributed by atoms with E-state index in [1.807, 2.05) is 18.2 Å². The molecule has 2 aliphatic rings. The average molecular weight is 244 g/mol. The zero-order valence-corrected chi connectivity index (χ0v) is 10.6. The van der Waals surface area contributed by atoms with Crippen LogP contribution in [-0.4, -0.2) is 11.9 Å². The molecule has 3 N–H and O–H groups in total. The van der Waals surface area contributed by atoms with E-state index >= 15 is 0 Å². The number of nitrogens with one attached hydrogen (secondary N) is 1. The second-order valence-corrected chi connectivity index (χ2v) is 5.65. The van der Waals surface area contributed by atoms with Crippen LogP contribution in [0.25, 0.3) is 0 Å². The van der Waals surface area contributed by atoms with Crippen LogP contribution in [0.1, 0.15) is 31.2 Å². The van der Waals surface area contributed by atoms with Gasteiger partial charge in [-0.3, -0.25) is 4.79 Å². The van der Waals surface area contributed by atoms with E-state index in [0.717, 1.165) is 23.1 Å². The summed E-state index contributed by atoms with van der Waals surface area (Å²) in [4.78, 5) is 11.1. The summed E-state index contributed by atoms with van der Waals surface area (Å²) in [5.74, 6) is 1.43. The largest absolute Gasteiger partial charge is 0.382 e. The summed E-state index contributed by atoms with van der Waals surface area (Å²) in [5.41, 5.74) is 7.42. The zero-order valence-electron chi connectivity index (χ0n) is 10.6. The van der Waals surface area contributed by atoms with Crippen LogP contribution in [0.15, 0.2) is 24.3 Å². The van der Waals surface area contributed by atoms with Gasteiger partial charge in [-0.25, -0.2) is 0 Å². The Balaban J connectivity index is 1.75. The number of carbonyl (C=O) groups is 1. The number of nitrogens with two attached hydrogens (primary N) is 1. The lowest BCUT2D eigenvalue weighted by molar-refractivity contribution is -0.117. The van der Waals surface area contributed by atoms with Crippen molar-refractivity contribution in [3.8, 4) is 0 Å². The molecule has 0 aliphatic heterocycles. The monoisotopic (exact) mass is 244 g/mol. The van der Waals surface area contributed by atoms with Crippen LogP contribution >= 0.6 is 0 Å². The lowest BCUT2D eigenvalue weighted by Crippen LogP contribution is -2.25. The second kappa shape index (κ2) is 4.63. The molecular weight excluding hydrogens is 224 g/mol. The van der Waals surface area contributed by atoms with Crippen LogP contribution in [0.5, 0.6) is 0 Å². The molecule has 18 heavy (non-hydrogen) atoms.